The molecule has 0 heterocycles. The summed E-state index contributed by atoms with van der Waals surface area (Å²) in [4.78, 5) is 0. The minimum Gasteiger partial charge on any atom is -1.00 e. The Bertz CT molecular complexity index is 94.1. The Hall–Kier alpha value is 0.432. The topological polar surface area (TPSA) is 0 Å². The predicted octanol–water partition coefficient (Wildman–Crippen LogP) is 0.258. The van der Waals surface area contributed by atoms with Gasteiger partial charge in [-0.1, -0.05) is 24.3 Å². The van der Waals surface area contributed by atoms with E-state index in [2.05, 4.69) is 43.5 Å². The average Bonchev–Trinajstić information content (AvgIpc) is 1.90. The van der Waals surface area contributed by atoms with Gasteiger partial charge in [0.05, 0.1) is 0 Å². The first-order valence-corrected chi connectivity index (χ1v) is 5.19. The van der Waals surface area contributed by atoms with Gasteiger partial charge in [0.2, 0.25) is 0 Å². The summed E-state index contributed by atoms with van der Waals surface area (Å²) in [6.07, 6.45) is 14.0. The van der Waals surface area contributed by atoms with Crippen LogP contribution < -0.4 is 12.4 Å². The van der Waals surface area contributed by atoms with Gasteiger partial charge in [0.15, 0.2) is 0 Å². The SMILES string of the molecule is C1=C\CCCC\C=C/1.[CH3][Pd+].[Cl-]. The first kappa shape index (κ1) is 14.0. The summed E-state index contributed by atoms with van der Waals surface area (Å²) < 4.78 is 0. The van der Waals surface area contributed by atoms with Gasteiger partial charge in [-0.2, -0.15) is 0 Å². The van der Waals surface area contributed by atoms with E-state index in [-0.39, 0.29) is 12.4 Å². The molecular weight excluding hydrogens is 250 g/mol. The van der Waals surface area contributed by atoms with Crippen LogP contribution in [0.1, 0.15) is 25.7 Å². The van der Waals surface area contributed by atoms with E-state index in [4.69, 9.17) is 0 Å². The van der Waals surface area contributed by atoms with E-state index in [0.717, 1.165) is 0 Å². The Morgan fingerprint density at radius 2 is 1.27 bits per heavy atom. The maximum Gasteiger partial charge on any atom is -1.00 e. The fraction of sp³-hybridized carbons (Fsp3) is 0.556. The number of allylic oxidation sites excluding steroid dienone is 4. The summed E-state index contributed by atoms with van der Waals surface area (Å²) in [5, 5.41) is 1.85. The molecule has 0 atom stereocenters. The summed E-state index contributed by atoms with van der Waals surface area (Å²) in [5.41, 5.74) is 0. The summed E-state index contributed by atoms with van der Waals surface area (Å²) in [6.45, 7) is 0. The number of hydrogen-bond acceptors (Lipinski definition) is 0. The molecule has 0 nitrogen and oxygen atoms in total. The van der Waals surface area contributed by atoms with Crippen molar-refractivity contribution in [2.75, 3.05) is 0 Å². The quantitative estimate of drug-likeness (QED) is 0.551. The maximum absolute atomic E-state index is 2.75. The molecule has 0 aromatic carbocycles. The van der Waals surface area contributed by atoms with Crippen LogP contribution in [0.3, 0.4) is 0 Å². The Balaban J connectivity index is 0. The molecule has 0 saturated heterocycles. The van der Waals surface area contributed by atoms with Crippen LogP contribution in [-0.4, -0.2) is 0 Å². The molecule has 68 valence electrons. The van der Waals surface area contributed by atoms with E-state index < -0.39 is 0 Å². The second-order valence-electron chi connectivity index (χ2n) is 2.14. The third-order valence-corrected chi connectivity index (χ3v) is 1.37. The molecule has 1 rings (SSSR count). The summed E-state index contributed by atoms with van der Waals surface area (Å²) >= 11 is 2.75. The molecule has 0 aromatic rings. The zero-order valence-corrected chi connectivity index (χ0v) is 9.14. The zero-order valence-electron chi connectivity index (χ0n) is 6.83. The Labute approximate surface area is 87.0 Å². The molecule has 1 aliphatic carbocycles. The van der Waals surface area contributed by atoms with Gasteiger partial charge in [-0.3, -0.25) is 0 Å². The van der Waals surface area contributed by atoms with Crippen LogP contribution in [0, 0.1) is 0 Å². The molecule has 0 radical (unpaired) electrons. The van der Waals surface area contributed by atoms with Crippen LogP contribution in [0.15, 0.2) is 24.3 Å². The van der Waals surface area contributed by atoms with Crippen molar-refractivity contribution in [2.24, 2.45) is 0 Å². The van der Waals surface area contributed by atoms with Crippen molar-refractivity contribution in [3.8, 4) is 0 Å². The van der Waals surface area contributed by atoms with Crippen molar-refractivity contribution in [2.45, 2.75) is 31.1 Å². The minimum absolute atomic E-state index is 0. The zero-order chi connectivity index (χ0) is 7.66. The fourth-order valence-electron chi connectivity index (χ4n) is 0.874. The Kier molecular flexibility index (Phi) is 16.6. The second-order valence-corrected chi connectivity index (χ2v) is 2.14. The van der Waals surface area contributed by atoms with E-state index in [1.54, 1.807) is 0 Å². The van der Waals surface area contributed by atoms with Crippen molar-refractivity contribution in [3.63, 3.8) is 0 Å². The van der Waals surface area contributed by atoms with E-state index in [9.17, 15) is 0 Å². The van der Waals surface area contributed by atoms with Crippen LogP contribution in [0.4, 0.5) is 0 Å². The van der Waals surface area contributed by atoms with Crippen LogP contribution in [0.5, 0.6) is 0 Å². The number of hydrogen-bond donors (Lipinski definition) is 0. The molecule has 11 heavy (non-hydrogen) atoms. The summed E-state index contributed by atoms with van der Waals surface area (Å²) in [5.74, 6) is 0. The van der Waals surface area contributed by atoms with Crippen LogP contribution in [0.2, 0.25) is 5.40 Å². The first-order chi connectivity index (χ1) is 5.00. The Morgan fingerprint density at radius 3 is 1.64 bits per heavy atom. The molecule has 0 aromatic heterocycles. The molecule has 0 unspecified atom stereocenters. The summed E-state index contributed by atoms with van der Waals surface area (Å²) in [7, 11) is 0. The average molecular weight is 265 g/mol. The van der Waals surface area contributed by atoms with E-state index in [1.165, 1.54) is 25.7 Å². The second kappa shape index (κ2) is 13.1. The molecule has 0 N–H and O–H groups in total. The normalized spacial score (nSPS) is 21.0. The molecule has 0 saturated carbocycles. The third-order valence-electron chi connectivity index (χ3n) is 1.37. The van der Waals surface area contributed by atoms with Crippen molar-refractivity contribution >= 4 is 0 Å². The molecule has 0 bridgehead atoms. The van der Waals surface area contributed by atoms with Crippen molar-refractivity contribution in [1.82, 2.24) is 0 Å². The van der Waals surface area contributed by atoms with Gasteiger partial charge in [0, 0.05) is 0 Å². The van der Waals surface area contributed by atoms with Gasteiger partial charge < -0.3 is 12.4 Å². The van der Waals surface area contributed by atoms with Gasteiger partial charge in [-0.25, -0.2) is 0 Å². The first-order valence-electron chi connectivity index (χ1n) is 3.63. The maximum atomic E-state index is 2.75. The van der Waals surface area contributed by atoms with E-state index in [1.807, 2.05) is 5.40 Å². The van der Waals surface area contributed by atoms with Crippen LogP contribution >= 0.6 is 0 Å². The van der Waals surface area contributed by atoms with Gasteiger partial charge in [0.25, 0.3) is 0 Å². The van der Waals surface area contributed by atoms with Crippen LogP contribution in [0.25, 0.3) is 0 Å². The van der Waals surface area contributed by atoms with Gasteiger partial charge in [-0.05, 0) is 25.7 Å². The standard InChI is InChI=1S/C8H12.CH3.ClH.Pd/c1-2-4-6-8-7-5-3-1;;;/h1-4H,5-8H2;1H3;1H;/q;;;+1/p-1/b3-1-,4-2-;;;. The molecule has 0 amide bonds. The van der Waals surface area contributed by atoms with E-state index >= 15 is 0 Å². The molecular formula is C9H15ClPd. The van der Waals surface area contributed by atoms with Gasteiger partial charge >= 0.3 is 24.6 Å². The largest absolute Gasteiger partial charge is 1.00 e. The molecule has 2 heteroatoms. The van der Waals surface area contributed by atoms with Gasteiger partial charge in [0.1, 0.15) is 0 Å². The molecule has 0 spiro atoms. The van der Waals surface area contributed by atoms with Crippen molar-refractivity contribution < 1.29 is 31.6 Å². The molecule has 0 fully saturated rings. The number of halogens is 1. The molecule has 1 aliphatic rings. The minimum atomic E-state index is 0. The number of rotatable bonds is 0. The summed E-state index contributed by atoms with van der Waals surface area (Å²) in [6, 6.07) is 0. The van der Waals surface area contributed by atoms with Crippen molar-refractivity contribution in [1.29, 1.82) is 0 Å². The van der Waals surface area contributed by atoms with Crippen molar-refractivity contribution in [3.05, 3.63) is 24.3 Å². The van der Waals surface area contributed by atoms with Gasteiger partial charge in [-0.15, -0.1) is 0 Å². The molecule has 0 aliphatic heterocycles. The monoisotopic (exact) mass is 264 g/mol. The smallest absolute Gasteiger partial charge is 1.00 e. The third kappa shape index (κ3) is 10.4. The predicted molar refractivity (Wildman–Crippen MR) is 42.6 cm³/mol. The fourth-order valence-corrected chi connectivity index (χ4v) is 0.874. The van der Waals surface area contributed by atoms with Crippen LogP contribution in [-0.2, 0) is 19.2 Å². The Morgan fingerprint density at radius 1 is 0.909 bits per heavy atom. The van der Waals surface area contributed by atoms with E-state index in [0.29, 0.717) is 0 Å².